The number of amides is 2. The summed E-state index contributed by atoms with van der Waals surface area (Å²) in [5.41, 5.74) is 2.33. The van der Waals surface area contributed by atoms with Gasteiger partial charge < -0.3 is 19.2 Å². The van der Waals surface area contributed by atoms with Gasteiger partial charge in [-0.1, -0.05) is 32.9 Å². The van der Waals surface area contributed by atoms with Gasteiger partial charge in [-0.25, -0.2) is 4.39 Å². The van der Waals surface area contributed by atoms with Gasteiger partial charge in [0.25, 0.3) is 11.8 Å². The zero-order valence-corrected chi connectivity index (χ0v) is 24.0. The molecule has 0 spiro atoms. The average molecular weight is 550 g/mol. The zero-order chi connectivity index (χ0) is 28.6. The highest BCUT2D eigenvalue weighted by atomic mass is 19.1. The van der Waals surface area contributed by atoms with Crippen LogP contribution in [0, 0.1) is 17.7 Å². The van der Waals surface area contributed by atoms with Crippen LogP contribution in [0.4, 0.5) is 10.1 Å². The number of pyridine rings is 1. The molecule has 1 aliphatic rings. The lowest BCUT2D eigenvalue weighted by Crippen LogP contribution is -2.39. The van der Waals surface area contributed by atoms with Crippen LogP contribution < -0.4 is 4.90 Å². The van der Waals surface area contributed by atoms with E-state index in [1.807, 2.05) is 0 Å². The van der Waals surface area contributed by atoms with Crippen molar-refractivity contribution in [1.82, 2.24) is 19.9 Å². The molecule has 2 amide bonds. The zero-order valence-electron chi connectivity index (χ0n) is 24.0. The molecule has 2 aromatic heterocycles. The Morgan fingerprint density at radius 3 is 2.45 bits per heavy atom. The molecule has 40 heavy (non-hydrogen) atoms. The van der Waals surface area contributed by atoms with E-state index in [4.69, 9.17) is 4.52 Å². The minimum absolute atomic E-state index is 0.132. The second-order valence-electron chi connectivity index (χ2n) is 11.4. The standard InChI is InChI=1S/C31H40FN5O3/c1-22(2)16-27-18-29(40-34-27)31(39)36-14-6-12-35(20-23(3)4)13-7-15-37(30(38)24-8-5-11-33-19-24)28-10-9-26(32)17-25(28)21-36/h5,8-11,17-19,22-23H,6-7,12-16,20-21H2,1-4H3. The van der Waals surface area contributed by atoms with Crippen LogP contribution in [-0.2, 0) is 13.0 Å². The molecule has 0 aliphatic carbocycles. The van der Waals surface area contributed by atoms with Gasteiger partial charge in [0, 0.05) is 50.3 Å². The van der Waals surface area contributed by atoms with Gasteiger partial charge in [0.2, 0.25) is 5.76 Å². The van der Waals surface area contributed by atoms with E-state index in [-0.39, 0.29) is 24.1 Å². The van der Waals surface area contributed by atoms with E-state index in [2.05, 4.69) is 42.7 Å². The van der Waals surface area contributed by atoms with Gasteiger partial charge >= 0.3 is 0 Å². The van der Waals surface area contributed by atoms with Crippen LogP contribution in [0.3, 0.4) is 0 Å². The second-order valence-corrected chi connectivity index (χ2v) is 11.4. The van der Waals surface area contributed by atoms with Crippen LogP contribution in [0.15, 0.2) is 53.3 Å². The minimum atomic E-state index is -0.422. The predicted octanol–water partition coefficient (Wildman–Crippen LogP) is 5.45. The molecule has 0 fully saturated rings. The van der Waals surface area contributed by atoms with Crippen LogP contribution in [0.5, 0.6) is 0 Å². The smallest absolute Gasteiger partial charge is 0.292 e. The quantitative estimate of drug-likeness (QED) is 0.407. The summed E-state index contributed by atoms with van der Waals surface area (Å²) >= 11 is 0. The molecule has 0 unspecified atom stereocenters. The van der Waals surface area contributed by atoms with Gasteiger partial charge in [0.05, 0.1) is 11.3 Å². The first-order valence-electron chi connectivity index (χ1n) is 14.2. The lowest BCUT2D eigenvalue weighted by atomic mass is 10.1. The number of hydrogen-bond acceptors (Lipinski definition) is 6. The number of halogens is 1. The van der Waals surface area contributed by atoms with Crippen LogP contribution in [0.1, 0.15) is 72.7 Å². The Labute approximate surface area is 236 Å². The van der Waals surface area contributed by atoms with Crippen molar-refractivity contribution >= 4 is 17.5 Å². The largest absolute Gasteiger partial charge is 0.351 e. The first-order valence-corrected chi connectivity index (χ1v) is 14.2. The summed E-state index contributed by atoms with van der Waals surface area (Å²) in [6.07, 6.45) is 5.39. The van der Waals surface area contributed by atoms with E-state index in [1.54, 1.807) is 46.5 Å². The van der Waals surface area contributed by atoms with Crippen molar-refractivity contribution in [3.8, 4) is 0 Å². The Balaban J connectivity index is 1.71. The van der Waals surface area contributed by atoms with Crippen molar-refractivity contribution < 1.29 is 18.5 Å². The van der Waals surface area contributed by atoms with Crippen LogP contribution >= 0.6 is 0 Å². The highest BCUT2D eigenvalue weighted by Crippen LogP contribution is 2.27. The number of hydrogen-bond donors (Lipinski definition) is 0. The third kappa shape index (κ3) is 7.75. The number of fused-ring (bicyclic) bond motifs is 1. The van der Waals surface area contributed by atoms with Crippen molar-refractivity contribution in [3.63, 3.8) is 0 Å². The van der Waals surface area contributed by atoms with Crippen LogP contribution in [0.2, 0.25) is 0 Å². The van der Waals surface area contributed by atoms with E-state index in [9.17, 15) is 14.0 Å². The van der Waals surface area contributed by atoms with E-state index in [0.29, 0.717) is 48.2 Å². The van der Waals surface area contributed by atoms with Crippen molar-refractivity contribution in [3.05, 3.63) is 77.2 Å². The molecule has 3 heterocycles. The second kappa shape index (κ2) is 13.7. The van der Waals surface area contributed by atoms with Crippen molar-refractivity contribution in [2.75, 3.05) is 37.6 Å². The maximum atomic E-state index is 14.6. The molecule has 214 valence electrons. The van der Waals surface area contributed by atoms with Crippen molar-refractivity contribution in [1.29, 1.82) is 0 Å². The summed E-state index contributed by atoms with van der Waals surface area (Å²) in [6, 6.07) is 9.57. The van der Waals surface area contributed by atoms with Crippen molar-refractivity contribution in [2.45, 2.75) is 53.5 Å². The maximum Gasteiger partial charge on any atom is 0.292 e. The third-order valence-corrected chi connectivity index (χ3v) is 6.90. The Hall–Kier alpha value is -3.59. The molecule has 1 aromatic carbocycles. The number of carbonyl (C=O) groups is 2. The molecule has 0 bridgehead atoms. The molecule has 0 N–H and O–H groups in total. The summed E-state index contributed by atoms with van der Waals surface area (Å²) in [6.45, 7) is 12.1. The molecule has 0 atom stereocenters. The first-order chi connectivity index (χ1) is 19.2. The topological polar surface area (TPSA) is 82.8 Å². The van der Waals surface area contributed by atoms with E-state index in [0.717, 1.165) is 38.2 Å². The Morgan fingerprint density at radius 2 is 1.75 bits per heavy atom. The average Bonchev–Trinajstić information content (AvgIpc) is 3.37. The number of anilines is 1. The molecule has 4 rings (SSSR count). The van der Waals surface area contributed by atoms with Gasteiger partial charge in [-0.2, -0.15) is 0 Å². The predicted molar refractivity (Wildman–Crippen MR) is 153 cm³/mol. The lowest BCUT2D eigenvalue weighted by molar-refractivity contribution is 0.0691. The first kappa shape index (κ1) is 29.4. The molecular weight excluding hydrogens is 509 g/mol. The van der Waals surface area contributed by atoms with Gasteiger partial charge in [0.1, 0.15) is 5.82 Å². The molecule has 0 saturated heterocycles. The van der Waals surface area contributed by atoms with Gasteiger partial charge in [0.15, 0.2) is 0 Å². The fraction of sp³-hybridized carbons (Fsp3) is 0.484. The fourth-order valence-electron chi connectivity index (χ4n) is 5.21. The molecule has 9 heteroatoms. The fourth-order valence-corrected chi connectivity index (χ4v) is 5.21. The van der Waals surface area contributed by atoms with Gasteiger partial charge in [-0.15, -0.1) is 0 Å². The third-order valence-electron chi connectivity index (χ3n) is 6.90. The normalized spacial score (nSPS) is 15.6. The van der Waals surface area contributed by atoms with E-state index < -0.39 is 5.82 Å². The number of benzene rings is 1. The Bertz CT molecular complexity index is 1280. The summed E-state index contributed by atoms with van der Waals surface area (Å²) in [5.74, 6) is 0.100. The maximum absolute atomic E-state index is 14.6. The summed E-state index contributed by atoms with van der Waals surface area (Å²) < 4.78 is 20.1. The molecule has 3 aromatic rings. The number of carbonyl (C=O) groups excluding carboxylic acids is 2. The van der Waals surface area contributed by atoms with Gasteiger partial charge in [-0.3, -0.25) is 14.6 Å². The Morgan fingerprint density at radius 1 is 0.975 bits per heavy atom. The highest BCUT2D eigenvalue weighted by Gasteiger charge is 2.26. The SMILES string of the molecule is CC(C)Cc1cc(C(=O)N2CCCN(CC(C)C)CCCN(C(=O)c3cccnc3)c3ccc(F)cc3C2)on1. The highest BCUT2D eigenvalue weighted by molar-refractivity contribution is 6.06. The summed E-state index contributed by atoms with van der Waals surface area (Å²) in [7, 11) is 0. The van der Waals surface area contributed by atoms with E-state index >= 15 is 0 Å². The molecule has 1 aliphatic heterocycles. The monoisotopic (exact) mass is 549 g/mol. The number of nitrogens with zero attached hydrogens (tertiary/aromatic N) is 5. The Kier molecular flexibility index (Phi) is 10.0. The van der Waals surface area contributed by atoms with Gasteiger partial charge in [-0.05, 0) is 80.1 Å². The van der Waals surface area contributed by atoms with Crippen LogP contribution in [-0.4, -0.2) is 64.5 Å². The summed E-state index contributed by atoms with van der Waals surface area (Å²) in [4.78, 5) is 37.3. The summed E-state index contributed by atoms with van der Waals surface area (Å²) in [5, 5.41) is 4.10. The minimum Gasteiger partial charge on any atom is -0.351 e. The van der Waals surface area contributed by atoms with Crippen molar-refractivity contribution in [2.24, 2.45) is 11.8 Å². The lowest BCUT2D eigenvalue weighted by Gasteiger charge is -2.32. The van der Waals surface area contributed by atoms with E-state index in [1.165, 1.54) is 12.1 Å². The molecular formula is C31H40FN5O3. The molecule has 0 radical (unpaired) electrons. The molecule has 8 nitrogen and oxygen atoms in total. The molecule has 0 saturated carbocycles. The number of aromatic nitrogens is 2. The number of rotatable bonds is 6. The van der Waals surface area contributed by atoms with Crippen LogP contribution in [0.25, 0.3) is 0 Å².